The van der Waals surface area contributed by atoms with Crippen molar-refractivity contribution in [3.8, 4) is 0 Å². The highest BCUT2D eigenvalue weighted by molar-refractivity contribution is 5.75. The molecule has 0 heterocycles. The highest BCUT2D eigenvalue weighted by atomic mass is 16.5. The highest BCUT2D eigenvalue weighted by Gasteiger charge is 2.29. The molecule has 0 aliphatic rings. The zero-order chi connectivity index (χ0) is 34.7. The zero-order valence-electron chi connectivity index (χ0n) is 28.9. The molecule has 270 valence electrons. The van der Waals surface area contributed by atoms with Crippen LogP contribution in [-0.4, -0.2) is 123 Å². The Morgan fingerprint density at radius 1 is 0.689 bits per heavy atom. The summed E-state index contributed by atoms with van der Waals surface area (Å²) >= 11 is 0. The maximum atomic E-state index is 11.6. The number of hydrogen-bond acceptors (Lipinski definition) is 12. The van der Waals surface area contributed by atoms with Crippen molar-refractivity contribution in [2.24, 2.45) is 17.2 Å². The molecular weight excluding hydrogens is 582 g/mol. The molecule has 0 saturated carbocycles. The number of nitrogens with two attached hydrogens (primary N) is 3. The SMILES string of the molecule is CCCCCC=O.CCCOCC(COCCC=O)(COCCC(=O)NCCCN)NC.CNCCCN.NCCCNC=O. The van der Waals surface area contributed by atoms with Gasteiger partial charge in [-0.25, -0.2) is 0 Å². The Morgan fingerprint density at radius 3 is 1.71 bits per heavy atom. The summed E-state index contributed by atoms with van der Waals surface area (Å²) in [5.74, 6) is -0.0482. The van der Waals surface area contributed by atoms with Crippen molar-refractivity contribution < 1.29 is 33.4 Å². The van der Waals surface area contributed by atoms with E-state index in [2.05, 4.69) is 28.2 Å². The van der Waals surface area contributed by atoms with Crippen LogP contribution in [0.1, 0.15) is 78.1 Å². The van der Waals surface area contributed by atoms with Gasteiger partial charge in [-0.15, -0.1) is 0 Å². The molecule has 0 spiro atoms. The summed E-state index contributed by atoms with van der Waals surface area (Å²) in [7, 11) is 3.75. The summed E-state index contributed by atoms with van der Waals surface area (Å²) in [5.41, 5.74) is 15.2. The van der Waals surface area contributed by atoms with Gasteiger partial charge in [0.05, 0.1) is 38.6 Å². The van der Waals surface area contributed by atoms with Crippen LogP contribution >= 0.6 is 0 Å². The van der Waals surface area contributed by atoms with E-state index in [0.29, 0.717) is 85.1 Å². The van der Waals surface area contributed by atoms with Crippen LogP contribution in [0.4, 0.5) is 0 Å². The second-order valence-electron chi connectivity index (χ2n) is 10.0. The summed E-state index contributed by atoms with van der Waals surface area (Å²) < 4.78 is 16.9. The smallest absolute Gasteiger partial charge is 0.222 e. The number of ether oxygens (including phenoxy) is 3. The van der Waals surface area contributed by atoms with Crippen molar-refractivity contribution in [3.05, 3.63) is 0 Å². The van der Waals surface area contributed by atoms with E-state index < -0.39 is 5.54 Å². The normalized spacial score (nSPS) is 11.3. The third-order valence-corrected chi connectivity index (χ3v) is 5.74. The lowest BCUT2D eigenvalue weighted by atomic mass is 10.0. The molecule has 0 aliphatic heterocycles. The number of carbonyl (C=O) groups excluding carboxylic acids is 4. The molecule has 0 saturated heterocycles. The number of aldehydes is 2. The minimum absolute atomic E-state index is 0.0482. The fourth-order valence-corrected chi connectivity index (χ4v) is 3.02. The fraction of sp³-hybridized carbons (Fsp3) is 0.871. The van der Waals surface area contributed by atoms with E-state index in [1.807, 2.05) is 21.0 Å². The summed E-state index contributed by atoms with van der Waals surface area (Å²) in [4.78, 5) is 41.2. The van der Waals surface area contributed by atoms with Crippen LogP contribution in [0.3, 0.4) is 0 Å². The number of hydrogen-bond donors (Lipinski definition) is 7. The fourth-order valence-electron chi connectivity index (χ4n) is 3.02. The van der Waals surface area contributed by atoms with Gasteiger partial charge in [0.1, 0.15) is 12.6 Å². The molecule has 0 fully saturated rings. The van der Waals surface area contributed by atoms with Gasteiger partial charge >= 0.3 is 0 Å². The first-order valence-electron chi connectivity index (χ1n) is 16.4. The zero-order valence-corrected chi connectivity index (χ0v) is 28.9. The lowest BCUT2D eigenvalue weighted by Crippen LogP contribution is -2.55. The van der Waals surface area contributed by atoms with E-state index >= 15 is 0 Å². The largest absolute Gasteiger partial charge is 0.379 e. The van der Waals surface area contributed by atoms with Crippen LogP contribution in [0.5, 0.6) is 0 Å². The van der Waals surface area contributed by atoms with Gasteiger partial charge in [-0.1, -0.05) is 26.7 Å². The Labute approximate surface area is 273 Å². The molecule has 0 bridgehead atoms. The number of likely N-dealkylation sites (N-methyl/N-ethyl adjacent to an activating group) is 1. The van der Waals surface area contributed by atoms with Crippen molar-refractivity contribution in [2.45, 2.75) is 83.6 Å². The lowest BCUT2D eigenvalue weighted by Gasteiger charge is -2.32. The maximum Gasteiger partial charge on any atom is 0.222 e. The second-order valence-corrected chi connectivity index (χ2v) is 10.0. The maximum absolute atomic E-state index is 11.6. The molecule has 14 nitrogen and oxygen atoms in total. The molecule has 0 aromatic heterocycles. The van der Waals surface area contributed by atoms with Crippen LogP contribution in [0.25, 0.3) is 0 Å². The molecule has 0 radical (unpaired) electrons. The van der Waals surface area contributed by atoms with Crippen molar-refractivity contribution in [1.29, 1.82) is 0 Å². The Balaban J connectivity index is -0.000000337. The van der Waals surface area contributed by atoms with Crippen molar-refractivity contribution in [1.82, 2.24) is 21.3 Å². The summed E-state index contributed by atoms with van der Waals surface area (Å²) in [6.07, 6.45) is 11.0. The molecule has 0 aromatic rings. The molecule has 0 rings (SSSR count). The average Bonchev–Trinajstić information content (AvgIpc) is 3.05. The topological polar surface area (TPSA) is 222 Å². The van der Waals surface area contributed by atoms with E-state index in [0.717, 1.165) is 64.2 Å². The predicted molar refractivity (Wildman–Crippen MR) is 182 cm³/mol. The highest BCUT2D eigenvalue weighted by Crippen LogP contribution is 2.09. The predicted octanol–water partition coefficient (Wildman–Crippen LogP) is 0.250. The van der Waals surface area contributed by atoms with Gasteiger partial charge in [0.25, 0.3) is 0 Å². The minimum Gasteiger partial charge on any atom is -0.379 e. The standard InChI is InChI=1S/C17H35N3O5.C6H12O.C4H10N2O.C4H12N2/c1-3-10-23-13-17(19-2,14-24-11-5-9-21)15-25-12-6-16(22)20-8-4-7-18;1-2-3-4-5-6-7;5-2-1-3-6-4-7;1-6-4-2-3-5/h9,19H,3-8,10-15,18H2,1-2H3,(H,20,22);6H,2-5H2,1H3;4H,1-3,5H2,(H,6,7);6H,2-5H2,1H3. The summed E-state index contributed by atoms with van der Waals surface area (Å²) in [5, 5.41) is 11.5. The molecule has 1 atom stereocenters. The molecule has 45 heavy (non-hydrogen) atoms. The number of amides is 2. The lowest BCUT2D eigenvalue weighted by molar-refractivity contribution is -0.122. The molecule has 10 N–H and O–H groups in total. The molecule has 1 unspecified atom stereocenters. The van der Waals surface area contributed by atoms with E-state index in [9.17, 15) is 19.2 Å². The Hall–Kier alpha value is -2.04. The Kier molecular flexibility index (Phi) is 51.4. The molecule has 2 amide bonds. The van der Waals surface area contributed by atoms with Gasteiger partial charge < -0.3 is 62.3 Å². The average molecular weight is 652 g/mol. The second kappa shape index (κ2) is 46.4. The Morgan fingerprint density at radius 2 is 1.24 bits per heavy atom. The first kappa shape index (κ1) is 49.8. The van der Waals surface area contributed by atoms with Gasteiger partial charge in [-0.05, 0) is 72.4 Å². The molecule has 0 aromatic carbocycles. The number of nitrogens with one attached hydrogen (secondary N) is 4. The molecular formula is C31H69N7O7. The molecule has 0 aliphatic carbocycles. The van der Waals surface area contributed by atoms with Gasteiger partial charge in [0.2, 0.25) is 12.3 Å². The van der Waals surface area contributed by atoms with E-state index in [4.69, 9.17) is 31.4 Å². The van der Waals surface area contributed by atoms with Crippen molar-refractivity contribution in [3.63, 3.8) is 0 Å². The van der Waals surface area contributed by atoms with Gasteiger partial charge in [0, 0.05) is 39.0 Å². The van der Waals surface area contributed by atoms with E-state index in [1.54, 1.807) is 0 Å². The van der Waals surface area contributed by atoms with Crippen molar-refractivity contribution >= 4 is 24.9 Å². The van der Waals surface area contributed by atoms with Gasteiger partial charge in [-0.2, -0.15) is 0 Å². The molecule has 14 heteroatoms. The quantitative estimate of drug-likeness (QED) is 0.0427. The summed E-state index contributed by atoms with van der Waals surface area (Å²) in [6, 6.07) is 0. The van der Waals surface area contributed by atoms with Crippen LogP contribution in [0.2, 0.25) is 0 Å². The van der Waals surface area contributed by atoms with Crippen LogP contribution in [-0.2, 0) is 33.4 Å². The van der Waals surface area contributed by atoms with Crippen LogP contribution in [0, 0.1) is 0 Å². The third kappa shape index (κ3) is 46.5. The monoisotopic (exact) mass is 652 g/mol. The van der Waals surface area contributed by atoms with Crippen molar-refractivity contribution in [2.75, 3.05) is 93.0 Å². The van der Waals surface area contributed by atoms with E-state index in [1.165, 1.54) is 12.8 Å². The van der Waals surface area contributed by atoms with E-state index in [-0.39, 0.29) is 5.91 Å². The third-order valence-electron chi connectivity index (χ3n) is 5.74. The first-order chi connectivity index (χ1) is 21.9. The Bertz CT molecular complexity index is 591. The minimum atomic E-state index is -0.506. The van der Waals surface area contributed by atoms with Crippen LogP contribution in [0.15, 0.2) is 0 Å². The number of rotatable bonds is 29. The van der Waals surface area contributed by atoms with Gasteiger partial charge in [0.15, 0.2) is 0 Å². The summed E-state index contributed by atoms with van der Waals surface area (Å²) in [6.45, 7) is 11.0. The van der Waals surface area contributed by atoms with Crippen LogP contribution < -0.4 is 38.5 Å². The van der Waals surface area contributed by atoms with Gasteiger partial charge in [-0.3, -0.25) is 9.59 Å². The first-order valence-corrected chi connectivity index (χ1v) is 16.4. The number of carbonyl (C=O) groups is 4. The number of unbranched alkanes of at least 4 members (excludes halogenated alkanes) is 3.